The quantitative estimate of drug-likeness (QED) is 0.873. The van der Waals surface area contributed by atoms with E-state index < -0.39 is 11.7 Å². The zero-order chi connectivity index (χ0) is 13.2. The molecule has 0 bridgehead atoms. The molecule has 1 heterocycles. The van der Waals surface area contributed by atoms with Gasteiger partial charge in [0.05, 0.1) is 11.3 Å². The predicted octanol–water partition coefficient (Wildman–Crippen LogP) is 3.55. The van der Waals surface area contributed by atoms with Crippen molar-refractivity contribution in [2.75, 3.05) is 6.54 Å². The van der Waals surface area contributed by atoms with Gasteiger partial charge in [0.1, 0.15) is 0 Å². The van der Waals surface area contributed by atoms with Gasteiger partial charge in [0.2, 0.25) is 0 Å². The summed E-state index contributed by atoms with van der Waals surface area (Å²) >= 11 is 0. The number of nitrogens with zero attached hydrogens (tertiary/aromatic N) is 1. The molecule has 1 aliphatic rings. The second-order valence-corrected chi connectivity index (χ2v) is 4.76. The summed E-state index contributed by atoms with van der Waals surface area (Å²) in [6.07, 6.45) is 0.0273. The number of rotatable bonds is 5. The van der Waals surface area contributed by atoms with Gasteiger partial charge in [0, 0.05) is 12.2 Å². The summed E-state index contributed by atoms with van der Waals surface area (Å²) < 4.78 is 37.3. The van der Waals surface area contributed by atoms with E-state index in [0.717, 1.165) is 25.2 Å². The van der Waals surface area contributed by atoms with Crippen LogP contribution in [0.15, 0.2) is 18.3 Å². The second-order valence-electron chi connectivity index (χ2n) is 4.76. The van der Waals surface area contributed by atoms with E-state index in [2.05, 4.69) is 10.3 Å². The van der Waals surface area contributed by atoms with Crippen LogP contribution in [0.25, 0.3) is 0 Å². The molecule has 2 nitrogen and oxygen atoms in total. The van der Waals surface area contributed by atoms with Crippen LogP contribution in [0, 0.1) is 5.92 Å². The van der Waals surface area contributed by atoms with Crippen LogP contribution in [-0.2, 0) is 6.18 Å². The summed E-state index contributed by atoms with van der Waals surface area (Å²) in [5, 5.41) is 3.28. The van der Waals surface area contributed by atoms with Crippen molar-refractivity contribution >= 4 is 0 Å². The molecule has 0 spiro atoms. The van der Waals surface area contributed by atoms with E-state index in [1.807, 2.05) is 6.92 Å². The first-order valence-electron chi connectivity index (χ1n) is 6.27. The van der Waals surface area contributed by atoms with Crippen LogP contribution in [0.4, 0.5) is 13.2 Å². The predicted molar refractivity (Wildman–Crippen MR) is 63.0 cm³/mol. The Hall–Kier alpha value is -1.10. The summed E-state index contributed by atoms with van der Waals surface area (Å²) in [5.41, 5.74) is 0.0182. The molecule has 0 aliphatic heterocycles. The molecule has 100 valence electrons. The molecule has 0 aromatic carbocycles. The minimum Gasteiger partial charge on any atom is -0.309 e. The Kier molecular flexibility index (Phi) is 3.90. The van der Waals surface area contributed by atoms with E-state index >= 15 is 0 Å². The smallest absolute Gasteiger partial charge is 0.309 e. The van der Waals surface area contributed by atoms with Gasteiger partial charge in [-0.1, -0.05) is 19.8 Å². The Morgan fingerprint density at radius 2 is 2.11 bits per heavy atom. The Labute approximate surface area is 105 Å². The fourth-order valence-corrected chi connectivity index (χ4v) is 2.02. The third kappa shape index (κ3) is 3.45. The van der Waals surface area contributed by atoms with Crippen molar-refractivity contribution in [3.05, 3.63) is 29.6 Å². The lowest BCUT2D eigenvalue weighted by Gasteiger charge is -2.17. The molecule has 0 amide bonds. The van der Waals surface area contributed by atoms with Crippen molar-refractivity contribution in [3.63, 3.8) is 0 Å². The normalized spacial score (nSPS) is 17.8. The molecule has 1 aromatic heterocycles. The zero-order valence-electron chi connectivity index (χ0n) is 10.3. The van der Waals surface area contributed by atoms with E-state index in [1.54, 1.807) is 0 Å². The van der Waals surface area contributed by atoms with Crippen LogP contribution >= 0.6 is 0 Å². The van der Waals surface area contributed by atoms with Gasteiger partial charge >= 0.3 is 6.18 Å². The van der Waals surface area contributed by atoms with Gasteiger partial charge in [-0.25, -0.2) is 0 Å². The van der Waals surface area contributed by atoms with E-state index in [1.165, 1.54) is 18.9 Å². The van der Waals surface area contributed by atoms with Gasteiger partial charge in [-0.05, 0) is 31.0 Å². The Morgan fingerprint density at radius 1 is 1.39 bits per heavy atom. The number of aromatic nitrogens is 1. The van der Waals surface area contributed by atoms with Crippen LogP contribution in [0.5, 0.6) is 0 Å². The SMILES string of the molecule is CCNC(CC1CC1)c1ccc(C(F)(F)F)cn1. The van der Waals surface area contributed by atoms with Gasteiger partial charge < -0.3 is 5.32 Å². The highest BCUT2D eigenvalue weighted by Gasteiger charge is 2.31. The fourth-order valence-electron chi connectivity index (χ4n) is 2.02. The topological polar surface area (TPSA) is 24.9 Å². The van der Waals surface area contributed by atoms with Gasteiger partial charge in [0.15, 0.2) is 0 Å². The van der Waals surface area contributed by atoms with Gasteiger partial charge in [-0.3, -0.25) is 4.98 Å². The fraction of sp³-hybridized carbons (Fsp3) is 0.615. The van der Waals surface area contributed by atoms with Crippen LogP contribution in [-0.4, -0.2) is 11.5 Å². The molecule has 1 saturated carbocycles. The lowest BCUT2D eigenvalue weighted by atomic mass is 10.1. The van der Waals surface area contributed by atoms with Crippen molar-refractivity contribution in [1.29, 1.82) is 0 Å². The molecular formula is C13H17F3N2. The molecule has 1 aliphatic carbocycles. The maximum absolute atomic E-state index is 12.4. The van der Waals surface area contributed by atoms with E-state index in [9.17, 15) is 13.2 Å². The lowest BCUT2D eigenvalue weighted by Crippen LogP contribution is -2.22. The molecule has 2 rings (SSSR count). The molecule has 1 unspecified atom stereocenters. The molecule has 0 saturated heterocycles. The molecule has 1 N–H and O–H groups in total. The average molecular weight is 258 g/mol. The molecule has 5 heteroatoms. The lowest BCUT2D eigenvalue weighted by molar-refractivity contribution is -0.137. The monoisotopic (exact) mass is 258 g/mol. The van der Waals surface area contributed by atoms with Gasteiger partial charge in [-0.15, -0.1) is 0 Å². The van der Waals surface area contributed by atoms with Crippen molar-refractivity contribution in [3.8, 4) is 0 Å². The van der Waals surface area contributed by atoms with Crippen molar-refractivity contribution in [2.24, 2.45) is 5.92 Å². The summed E-state index contributed by atoms with van der Waals surface area (Å²) in [6, 6.07) is 2.67. The van der Waals surface area contributed by atoms with Crippen LogP contribution in [0.3, 0.4) is 0 Å². The summed E-state index contributed by atoms with van der Waals surface area (Å²) in [4.78, 5) is 3.96. The van der Waals surface area contributed by atoms with Gasteiger partial charge in [-0.2, -0.15) is 13.2 Å². The van der Waals surface area contributed by atoms with E-state index in [4.69, 9.17) is 0 Å². The number of halogens is 3. The maximum Gasteiger partial charge on any atom is 0.417 e. The molecule has 1 aromatic rings. The minimum atomic E-state index is -4.31. The zero-order valence-corrected chi connectivity index (χ0v) is 10.3. The third-order valence-electron chi connectivity index (χ3n) is 3.19. The Balaban J connectivity index is 2.09. The first-order valence-corrected chi connectivity index (χ1v) is 6.27. The van der Waals surface area contributed by atoms with E-state index in [-0.39, 0.29) is 6.04 Å². The third-order valence-corrected chi connectivity index (χ3v) is 3.19. The largest absolute Gasteiger partial charge is 0.417 e. The van der Waals surface area contributed by atoms with Crippen LogP contribution in [0.1, 0.15) is 43.5 Å². The number of nitrogens with one attached hydrogen (secondary N) is 1. The number of alkyl halides is 3. The summed E-state index contributed by atoms with van der Waals surface area (Å²) in [6.45, 7) is 2.78. The summed E-state index contributed by atoms with van der Waals surface area (Å²) in [5.74, 6) is 0.707. The molecular weight excluding hydrogens is 241 g/mol. The van der Waals surface area contributed by atoms with Crippen LogP contribution in [0.2, 0.25) is 0 Å². The minimum absolute atomic E-state index is 0.0739. The number of hydrogen-bond donors (Lipinski definition) is 1. The van der Waals surface area contributed by atoms with Crippen LogP contribution < -0.4 is 5.32 Å². The number of pyridine rings is 1. The van der Waals surface area contributed by atoms with Crippen molar-refractivity contribution in [1.82, 2.24) is 10.3 Å². The van der Waals surface area contributed by atoms with Crippen molar-refractivity contribution in [2.45, 2.75) is 38.4 Å². The highest BCUT2D eigenvalue weighted by molar-refractivity contribution is 5.19. The Bertz CT molecular complexity index is 382. The number of hydrogen-bond acceptors (Lipinski definition) is 2. The maximum atomic E-state index is 12.4. The first kappa shape index (κ1) is 13.3. The van der Waals surface area contributed by atoms with E-state index in [0.29, 0.717) is 11.6 Å². The first-order chi connectivity index (χ1) is 8.50. The second kappa shape index (κ2) is 5.26. The highest BCUT2D eigenvalue weighted by Crippen LogP contribution is 2.37. The summed E-state index contributed by atoms with van der Waals surface area (Å²) in [7, 11) is 0. The molecule has 0 radical (unpaired) electrons. The standard InChI is InChI=1S/C13H17F3N2/c1-2-17-12(7-9-3-4-9)11-6-5-10(8-18-11)13(14,15)16/h5-6,8-9,12,17H,2-4,7H2,1H3. The van der Waals surface area contributed by atoms with Gasteiger partial charge in [0.25, 0.3) is 0 Å². The molecule has 1 fully saturated rings. The average Bonchev–Trinajstić information content (AvgIpc) is 3.11. The molecule has 18 heavy (non-hydrogen) atoms. The van der Waals surface area contributed by atoms with Crippen molar-refractivity contribution < 1.29 is 13.2 Å². The Morgan fingerprint density at radius 3 is 2.56 bits per heavy atom. The molecule has 1 atom stereocenters. The highest BCUT2D eigenvalue weighted by atomic mass is 19.4.